The summed E-state index contributed by atoms with van der Waals surface area (Å²) in [5, 5.41) is 0. The Kier molecular flexibility index (Phi) is 1.41. The van der Waals surface area contributed by atoms with E-state index in [1.807, 2.05) is 0 Å². The summed E-state index contributed by atoms with van der Waals surface area (Å²) in [6.45, 7) is 0. The van der Waals surface area contributed by atoms with Crippen molar-refractivity contribution >= 4 is 5.69 Å². The van der Waals surface area contributed by atoms with Crippen molar-refractivity contribution in [1.29, 1.82) is 0 Å². The maximum absolute atomic E-state index is 12.2. The van der Waals surface area contributed by atoms with Crippen LogP contribution in [0.3, 0.4) is 0 Å². The third-order valence-electron chi connectivity index (χ3n) is 0.989. The van der Waals surface area contributed by atoms with Crippen LogP contribution in [0.15, 0.2) is 10.9 Å². The number of hydrogen-bond donors (Lipinski definition) is 2. The van der Waals surface area contributed by atoms with Crippen molar-refractivity contribution in [1.82, 2.24) is 4.98 Å². The molecule has 0 spiro atoms. The largest absolute Gasteiger partial charge is 0.392 e. The van der Waals surface area contributed by atoms with Crippen LogP contribution in [0.1, 0.15) is 0 Å². The Morgan fingerprint density at radius 1 is 1.50 bits per heavy atom. The van der Waals surface area contributed by atoms with E-state index in [1.54, 1.807) is 4.98 Å². The highest BCUT2D eigenvalue weighted by atomic mass is 19.1. The lowest BCUT2D eigenvalue weighted by atomic mass is 10.4. The summed E-state index contributed by atoms with van der Waals surface area (Å²) in [7, 11) is 0. The number of nitrogens with one attached hydrogen (secondary N) is 1. The second-order valence-corrected chi connectivity index (χ2v) is 1.71. The molecule has 3 nitrogen and oxygen atoms in total. The number of pyridine rings is 1. The molecule has 0 amide bonds. The summed E-state index contributed by atoms with van der Waals surface area (Å²) in [4.78, 5) is 12.1. The molecule has 10 heavy (non-hydrogen) atoms. The summed E-state index contributed by atoms with van der Waals surface area (Å²) < 4.78 is 24.3. The second-order valence-electron chi connectivity index (χ2n) is 1.71. The summed E-state index contributed by atoms with van der Waals surface area (Å²) in [6.07, 6.45) is 0. The van der Waals surface area contributed by atoms with Gasteiger partial charge in [-0.05, 0) is 0 Å². The van der Waals surface area contributed by atoms with Crippen molar-refractivity contribution in [3.63, 3.8) is 0 Å². The third-order valence-corrected chi connectivity index (χ3v) is 0.989. The molecule has 1 heterocycles. The summed E-state index contributed by atoms with van der Waals surface area (Å²) in [6, 6.07) is 0.582. The topological polar surface area (TPSA) is 58.9 Å². The summed E-state index contributed by atoms with van der Waals surface area (Å²) in [5.41, 5.74) is 3.42. The zero-order valence-corrected chi connectivity index (χ0v) is 4.82. The molecular formula is C5H4F2N2O. The molecular weight excluding hydrogens is 142 g/mol. The molecule has 0 aliphatic heterocycles. The Bertz CT molecular complexity index is 307. The predicted molar refractivity (Wildman–Crippen MR) is 31.4 cm³/mol. The van der Waals surface area contributed by atoms with Crippen LogP contribution in [-0.2, 0) is 0 Å². The molecule has 0 saturated heterocycles. The van der Waals surface area contributed by atoms with E-state index in [9.17, 15) is 13.6 Å². The van der Waals surface area contributed by atoms with Gasteiger partial charge < -0.3 is 10.7 Å². The predicted octanol–water partition coefficient (Wildman–Crippen LogP) is 0.235. The van der Waals surface area contributed by atoms with E-state index < -0.39 is 23.0 Å². The molecule has 0 unspecified atom stereocenters. The Morgan fingerprint density at radius 2 is 2.10 bits per heavy atom. The molecule has 54 valence electrons. The van der Waals surface area contributed by atoms with Crippen molar-refractivity contribution in [2.45, 2.75) is 0 Å². The van der Waals surface area contributed by atoms with Gasteiger partial charge in [0.1, 0.15) is 5.69 Å². The molecule has 0 fully saturated rings. The minimum absolute atomic E-state index is 0.582. The number of hydrogen-bond acceptors (Lipinski definition) is 2. The van der Waals surface area contributed by atoms with Gasteiger partial charge in [-0.25, -0.2) is 0 Å². The molecule has 0 atom stereocenters. The van der Waals surface area contributed by atoms with Crippen LogP contribution in [0.25, 0.3) is 0 Å². The highest BCUT2D eigenvalue weighted by Crippen LogP contribution is 1.99. The Labute approximate surface area is 54.5 Å². The number of rotatable bonds is 0. The van der Waals surface area contributed by atoms with Gasteiger partial charge in [0.05, 0.1) is 0 Å². The maximum Gasteiger partial charge on any atom is 0.220 e. The standard InChI is InChI=1S/C5H4F2N2O/c6-3-1-2(10)4(8)5(7)9-3/h1H,8H2,(H,9,10). The molecule has 0 aliphatic carbocycles. The van der Waals surface area contributed by atoms with Crippen molar-refractivity contribution in [3.05, 3.63) is 28.2 Å². The summed E-state index contributed by atoms with van der Waals surface area (Å²) in [5.74, 6) is -2.17. The van der Waals surface area contributed by atoms with Gasteiger partial charge in [0, 0.05) is 6.07 Å². The van der Waals surface area contributed by atoms with Crippen LogP contribution in [-0.4, -0.2) is 4.98 Å². The van der Waals surface area contributed by atoms with E-state index >= 15 is 0 Å². The van der Waals surface area contributed by atoms with Gasteiger partial charge in [-0.3, -0.25) is 4.79 Å². The van der Waals surface area contributed by atoms with E-state index in [2.05, 4.69) is 0 Å². The van der Waals surface area contributed by atoms with Gasteiger partial charge in [-0.1, -0.05) is 0 Å². The number of nitrogen functional groups attached to an aromatic ring is 1. The Morgan fingerprint density at radius 3 is 2.60 bits per heavy atom. The highest BCUT2D eigenvalue weighted by molar-refractivity contribution is 5.34. The maximum atomic E-state index is 12.2. The zero-order chi connectivity index (χ0) is 7.72. The number of aromatic nitrogens is 1. The van der Waals surface area contributed by atoms with Crippen molar-refractivity contribution < 1.29 is 8.78 Å². The molecule has 1 rings (SSSR count). The second kappa shape index (κ2) is 2.09. The molecule has 0 aliphatic rings. The van der Waals surface area contributed by atoms with Crippen LogP contribution in [0.2, 0.25) is 0 Å². The average Bonchev–Trinajstić information content (AvgIpc) is 1.82. The van der Waals surface area contributed by atoms with Crippen molar-refractivity contribution in [2.75, 3.05) is 5.73 Å². The number of halogens is 2. The average molecular weight is 146 g/mol. The quantitative estimate of drug-likeness (QED) is 0.515. The SMILES string of the molecule is Nc1c(F)[nH]c(F)cc1=O. The fourth-order valence-electron chi connectivity index (χ4n) is 0.509. The van der Waals surface area contributed by atoms with E-state index in [1.165, 1.54) is 0 Å². The van der Waals surface area contributed by atoms with E-state index in [0.717, 1.165) is 0 Å². The van der Waals surface area contributed by atoms with Gasteiger partial charge in [-0.2, -0.15) is 8.78 Å². The number of aromatic amines is 1. The summed E-state index contributed by atoms with van der Waals surface area (Å²) >= 11 is 0. The molecule has 0 radical (unpaired) electrons. The van der Waals surface area contributed by atoms with Crippen molar-refractivity contribution in [2.24, 2.45) is 0 Å². The fraction of sp³-hybridized carbons (Fsp3) is 0. The van der Waals surface area contributed by atoms with Gasteiger partial charge in [0.25, 0.3) is 0 Å². The number of nitrogens with two attached hydrogens (primary N) is 1. The Hall–Kier alpha value is -1.39. The van der Waals surface area contributed by atoms with Crippen LogP contribution in [0, 0.1) is 11.9 Å². The van der Waals surface area contributed by atoms with Crippen LogP contribution in [0.4, 0.5) is 14.5 Å². The minimum atomic E-state index is -1.13. The van der Waals surface area contributed by atoms with Gasteiger partial charge >= 0.3 is 0 Å². The fourth-order valence-corrected chi connectivity index (χ4v) is 0.509. The van der Waals surface area contributed by atoms with Crippen LogP contribution >= 0.6 is 0 Å². The first-order chi connectivity index (χ1) is 4.61. The molecule has 1 aromatic rings. The van der Waals surface area contributed by atoms with Crippen LogP contribution in [0.5, 0.6) is 0 Å². The van der Waals surface area contributed by atoms with Gasteiger partial charge in [0.15, 0.2) is 5.95 Å². The van der Waals surface area contributed by atoms with E-state index in [0.29, 0.717) is 6.07 Å². The van der Waals surface area contributed by atoms with Gasteiger partial charge in [0.2, 0.25) is 11.4 Å². The first kappa shape index (κ1) is 6.73. The van der Waals surface area contributed by atoms with E-state index in [-0.39, 0.29) is 0 Å². The minimum Gasteiger partial charge on any atom is -0.392 e. The lowest BCUT2D eigenvalue weighted by Crippen LogP contribution is -2.12. The normalized spacial score (nSPS) is 9.80. The first-order valence-corrected chi connectivity index (χ1v) is 2.45. The highest BCUT2D eigenvalue weighted by Gasteiger charge is 2.03. The lowest BCUT2D eigenvalue weighted by Gasteiger charge is -1.93. The van der Waals surface area contributed by atoms with E-state index in [4.69, 9.17) is 5.73 Å². The smallest absolute Gasteiger partial charge is 0.220 e. The van der Waals surface area contributed by atoms with Gasteiger partial charge in [-0.15, -0.1) is 0 Å². The zero-order valence-electron chi connectivity index (χ0n) is 4.82. The van der Waals surface area contributed by atoms with Crippen LogP contribution < -0.4 is 11.2 Å². The monoisotopic (exact) mass is 146 g/mol. The Balaban J connectivity index is 3.46. The number of anilines is 1. The molecule has 0 aromatic carbocycles. The first-order valence-electron chi connectivity index (χ1n) is 2.45. The molecule has 3 N–H and O–H groups in total. The molecule has 0 bridgehead atoms. The lowest BCUT2D eigenvalue weighted by molar-refractivity contribution is 0.514. The molecule has 5 heteroatoms. The number of H-pyrrole nitrogens is 1. The molecule has 0 saturated carbocycles. The molecule has 1 aromatic heterocycles. The third kappa shape index (κ3) is 0.975. The van der Waals surface area contributed by atoms with Crippen molar-refractivity contribution in [3.8, 4) is 0 Å².